The van der Waals surface area contributed by atoms with Crippen molar-refractivity contribution in [1.29, 1.82) is 0 Å². The summed E-state index contributed by atoms with van der Waals surface area (Å²) in [5, 5.41) is 0. The number of nitrogens with zero attached hydrogens (tertiary/aromatic N) is 2. The molecule has 0 aliphatic heterocycles. The fourth-order valence-corrected chi connectivity index (χ4v) is 3.46. The molecule has 4 rings (SSSR count). The first-order valence-electron chi connectivity index (χ1n) is 10.1. The molecule has 2 aromatic carbocycles. The lowest BCUT2D eigenvalue weighted by molar-refractivity contribution is 0.0947. The standard InChI is InChI=1S/C25H24N2O2/c1-18-9-8-13-20(15-18)21-16-23-24(26-17-21)27-25(29-23)22(28)14-7-3-6-12-19-10-4-2-5-11-19/h2,4-5,8-11,13,15-17H,3,6-7,12,14H2,1H3. The van der Waals surface area contributed by atoms with Gasteiger partial charge in [-0.05, 0) is 43.4 Å². The van der Waals surface area contributed by atoms with Gasteiger partial charge in [-0.1, -0.05) is 66.6 Å². The van der Waals surface area contributed by atoms with E-state index < -0.39 is 0 Å². The van der Waals surface area contributed by atoms with Gasteiger partial charge in [-0.2, -0.15) is 4.98 Å². The number of benzene rings is 2. The van der Waals surface area contributed by atoms with Crippen LogP contribution >= 0.6 is 0 Å². The van der Waals surface area contributed by atoms with E-state index in [1.165, 1.54) is 11.1 Å². The van der Waals surface area contributed by atoms with Crippen molar-refractivity contribution in [2.45, 2.75) is 39.0 Å². The molecular weight excluding hydrogens is 360 g/mol. The molecule has 29 heavy (non-hydrogen) atoms. The first-order valence-corrected chi connectivity index (χ1v) is 10.1. The summed E-state index contributed by atoms with van der Waals surface area (Å²) in [5.41, 5.74) is 5.58. The highest BCUT2D eigenvalue weighted by Gasteiger charge is 2.15. The van der Waals surface area contributed by atoms with Gasteiger partial charge in [0.15, 0.2) is 11.2 Å². The molecule has 0 unspecified atom stereocenters. The monoisotopic (exact) mass is 384 g/mol. The van der Waals surface area contributed by atoms with E-state index in [1.54, 1.807) is 6.20 Å². The number of hydrogen-bond donors (Lipinski definition) is 0. The highest BCUT2D eigenvalue weighted by atomic mass is 16.4. The fourth-order valence-electron chi connectivity index (χ4n) is 3.46. The number of aryl methyl sites for hydroxylation is 2. The van der Waals surface area contributed by atoms with Crippen LogP contribution in [0.1, 0.15) is 47.5 Å². The van der Waals surface area contributed by atoms with E-state index in [9.17, 15) is 4.79 Å². The molecule has 0 radical (unpaired) electrons. The van der Waals surface area contributed by atoms with Crippen LogP contribution in [0, 0.1) is 6.92 Å². The Hall–Kier alpha value is -3.27. The minimum Gasteiger partial charge on any atom is -0.432 e. The topological polar surface area (TPSA) is 56.0 Å². The number of aromatic nitrogens is 2. The molecule has 2 heterocycles. The van der Waals surface area contributed by atoms with E-state index in [0.717, 1.165) is 36.8 Å². The van der Waals surface area contributed by atoms with E-state index in [0.29, 0.717) is 17.7 Å². The van der Waals surface area contributed by atoms with Crippen LogP contribution in [0.5, 0.6) is 0 Å². The van der Waals surface area contributed by atoms with Gasteiger partial charge in [0.1, 0.15) is 0 Å². The van der Waals surface area contributed by atoms with Gasteiger partial charge in [0.05, 0.1) is 0 Å². The summed E-state index contributed by atoms with van der Waals surface area (Å²) in [7, 11) is 0. The lowest BCUT2D eigenvalue weighted by Gasteiger charge is -2.01. The number of unbranched alkanes of at least 4 members (excludes halogenated alkanes) is 2. The Morgan fingerprint density at radius 2 is 1.79 bits per heavy atom. The van der Waals surface area contributed by atoms with Crippen molar-refractivity contribution in [3.63, 3.8) is 0 Å². The SMILES string of the molecule is Cc1cccc(-c2cnc3nc(C(=O)CCCCCc4ccccc4)oc3c2)c1. The van der Waals surface area contributed by atoms with Gasteiger partial charge in [0, 0.05) is 18.2 Å². The number of fused-ring (bicyclic) bond motifs is 1. The van der Waals surface area contributed by atoms with Crippen molar-refractivity contribution in [1.82, 2.24) is 9.97 Å². The maximum atomic E-state index is 12.5. The molecule has 2 aromatic heterocycles. The van der Waals surface area contributed by atoms with Gasteiger partial charge in [0.25, 0.3) is 5.89 Å². The smallest absolute Gasteiger partial charge is 0.265 e. The molecule has 4 heteroatoms. The van der Waals surface area contributed by atoms with Crippen LogP contribution in [0.2, 0.25) is 0 Å². The maximum absolute atomic E-state index is 12.5. The number of hydrogen-bond acceptors (Lipinski definition) is 4. The third kappa shape index (κ3) is 4.77. The van der Waals surface area contributed by atoms with E-state index in [-0.39, 0.29) is 11.7 Å². The van der Waals surface area contributed by atoms with Crippen molar-refractivity contribution in [3.8, 4) is 11.1 Å². The van der Waals surface area contributed by atoms with E-state index in [4.69, 9.17) is 4.42 Å². The molecule has 0 atom stereocenters. The van der Waals surface area contributed by atoms with Crippen molar-refractivity contribution >= 4 is 17.0 Å². The molecule has 0 aliphatic rings. The second kappa shape index (κ2) is 8.82. The Morgan fingerprint density at radius 1 is 0.931 bits per heavy atom. The average Bonchev–Trinajstić information content (AvgIpc) is 3.18. The van der Waals surface area contributed by atoms with Crippen molar-refractivity contribution in [3.05, 3.63) is 83.9 Å². The number of oxazole rings is 1. The molecule has 0 N–H and O–H groups in total. The van der Waals surface area contributed by atoms with Crippen LogP contribution in [0.25, 0.3) is 22.4 Å². The second-order valence-electron chi connectivity index (χ2n) is 7.40. The minimum atomic E-state index is -0.0557. The Balaban J connectivity index is 1.35. The molecule has 146 valence electrons. The first-order chi connectivity index (χ1) is 14.2. The molecule has 4 nitrogen and oxygen atoms in total. The Kier molecular flexibility index (Phi) is 5.80. The van der Waals surface area contributed by atoms with E-state index in [2.05, 4.69) is 53.3 Å². The third-order valence-electron chi connectivity index (χ3n) is 5.05. The van der Waals surface area contributed by atoms with E-state index in [1.807, 2.05) is 24.3 Å². The first kappa shape index (κ1) is 19.1. The lowest BCUT2D eigenvalue weighted by atomic mass is 10.1. The normalized spacial score (nSPS) is 11.1. The zero-order valence-corrected chi connectivity index (χ0v) is 16.6. The van der Waals surface area contributed by atoms with Crippen LogP contribution in [-0.2, 0) is 6.42 Å². The van der Waals surface area contributed by atoms with Crippen LogP contribution < -0.4 is 0 Å². The zero-order valence-electron chi connectivity index (χ0n) is 16.6. The number of pyridine rings is 1. The summed E-state index contributed by atoms with van der Waals surface area (Å²) in [5.74, 6) is 0.108. The van der Waals surface area contributed by atoms with Gasteiger partial charge in [-0.15, -0.1) is 0 Å². The van der Waals surface area contributed by atoms with Gasteiger partial charge >= 0.3 is 0 Å². The zero-order chi connectivity index (χ0) is 20.1. The Morgan fingerprint density at radius 3 is 2.62 bits per heavy atom. The quantitative estimate of drug-likeness (QED) is 0.269. The van der Waals surface area contributed by atoms with Gasteiger partial charge in [-0.3, -0.25) is 4.79 Å². The molecule has 0 bridgehead atoms. The highest BCUT2D eigenvalue weighted by Crippen LogP contribution is 2.24. The minimum absolute atomic E-state index is 0.0557. The van der Waals surface area contributed by atoms with Gasteiger partial charge < -0.3 is 4.42 Å². The van der Waals surface area contributed by atoms with E-state index >= 15 is 0 Å². The van der Waals surface area contributed by atoms with Crippen LogP contribution in [0.15, 0.2) is 71.3 Å². The predicted octanol–water partition coefficient (Wildman–Crippen LogP) is 6.18. The number of Topliss-reactive ketones (excluding diaryl/α,β-unsaturated/α-hetero) is 1. The lowest BCUT2D eigenvalue weighted by Crippen LogP contribution is -1.99. The second-order valence-corrected chi connectivity index (χ2v) is 7.40. The summed E-state index contributed by atoms with van der Waals surface area (Å²) >= 11 is 0. The number of carbonyl (C=O) groups is 1. The highest BCUT2D eigenvalue weighted by molar-refractivity contribution is 5.93. The molecular formula is C25H24N2O2. The van der Waals surface area contributed by atoms with Crippen molar-refractivity contribution in [2.75, 3.05) is 0 Å². The molecule has 0 saturated heterocycles. The van der Waals surface area contributed by atoms with Gasteiger partial charge in [-0.25, -0.2) is 4.98 Å². The average molecular weight is 384 g/mol. The maximum Gasteiger partial charge on any atom is 0.265 e. The van der Waals surface area contributed by atoms with Crippen LogP contribution in [0.4, 0.5) is 0 Å². The molecule has 0 aliphatic carbocycles. The summed E-state index contributed by atoms with van der Waals surface area (Å²) in [6, 6.07) is 20.5. The Bertz CT molecular complexity index is 1120. The molecule has 0 spiro atoms. The molecule has 4 aromatic rings. The summed E-state index contributed by atoms with van der Waals surface area (Å²) < 4.78 is 5.73. The van der Waals surface area contributed by atoms with Crippen LogP contribution in [0.3, 0.4) is 0 Å². The summed E-state index contributed by atoms with van der Waals surface area (Å²) in [6.07, 6.45) is 6.20. The number of rotatable bonds is 8. The van der Waals surface area contributed by atoms with Crippen LogP contribution in [-0.4, -0.2) is 15.8 Å². The Labute approximate surface area is 170 Å². The number of carbonyl (C=O) groups excluding carboxylic acids is 1. The number of ketones is 1. The largest absolute Gasteiger partial charge is 0.432 e. The van der Waals surface area contributed by atoms with Gasteiger partial charge in [0.2, 0.25) is 5.78 Å². The summed E-state index contributed by atoms with van der Waals surface area (Å²) in [6.45, 7) is 2.06. The third-order valence-corrected chi connectivity index (χ3v) is 5.05. The predicted molar refractivity (Wildman–Crippen MR) is 115 cm³/mol. The summed E-state index contributed by atoms with van der Waals surface area (Å²) in [4.78, 5) is 21.1. The fraction of sp³-hybridized carbons (Fsp3) is 0.240. The van der Waals surface area contributed by atoms with Crippen molar-refractivity contribution in [2.24, 2.45) is 0 Å². The molecule has 0 amide bonds. The molecule has 0 fully saturated rings. The molecule has 0 saturated carbocycles. The van der Waals surface area contributed by atoms with Crippen molar-refractivity contribution < 1.29 is 9.21 Å².